The second kappa shape index (κ2) is 11.6. The van der Waals surface area contributed by atoms with Crippen LogP contribution < -0.4 is 5.32 Å². The number of carbonyl (C=O) groups is 2. The quantitative estimate of drug-likeness (QED) is 0.456. The summed E-state index contributed by atoms with van der Waals surface area (Å²) >= 11 is 1.58. The molecule has 186 valence electrons. The Morgan fingerprint density at radius 3 is 2.57 bits per heavy atom. The average molecular weight is 495 g/mol. The molecule has 0 spiro atoms. The van der Waals surface area contributed by atoms with Gasteiger partial charge in [0.05, 0.1) is 6.54 Å². The highest BCUT2D eigenvalue weighted by atomic mass is 32.1. The number of aryl methyl sites for hydroxylation is 1. The van der Waals surface area contributed by atoms with Gasteiger partial charge in [0, 0.05) is 16.5 Å². The number of rotatable bonds is 10. The number of benzene rings is 1. The summed E-state index contributed by atoms with van der Waals surface area (Å²) in [5.74, 6) is 0.465. The zero-order chi connectivity index (χ0) is 24.8. The summed E-state index contributed by atoms with van der Waals surface area (Å²) in [6, 6.07) is 11.5. The molecule has 2 heterocycles. The molecule has 1 atom stereocenters. The molecule has 2 aromatic heterocycles. The van der Waals surface area contributed by atoms with Gasteiger partial charge in [-0.1, -0.05) is 62.6 Å². The Labute approximate surface area is 210 Å². The van der Waals surface area contributed by atoms with E-state index in [0.717, 1.165) is 41.7 Å². The Hall–Kier alpha value is -3.07. The molecule has 0 unspecified atom stereocenters. The van der Waals surface area contributed by atoms with Crippen LogP contribution in [0.5, 0.6) is 0 Å². The minimum Gasteiger partial charge on any atom is -0.352 e. The molecule has 1 aromatic carbocycles. The van der Waals surface area contributed by atoms with Gasteiger partial charge in [0.15, 0.2) is 0 Å². The number of thiophene rings is 1. The number of aromatic nitrogens is 4. The molecule has 8 nitrogen and oxygen atoms in total. The van der Waals surface area contributed by atoms with E-state index >= 15 is 0 Å². The van der Waals surface area contributed by atoms with E-state index in [4.69, 9.17) is 0 Å². The number of nitrogens with one attached hydrogen (secondary N) is 1. The van der Waals surface area contributed by atoms with Crippen molar-refractivity contribution in [2.45, 2.75) is 78.0 Å². The lowest BCUT2D eigenvalue weighted by Crippen LogP contribution is -2.52. The molecule has 0 saturated heterocycles. The monoisotopic (exact) mass is 494 g/mol. The molecule has 0 radical (unpaired) electrons. The van der Waals surface area contributed by atoms with Crippen molar-refractivity contribution in [2.24, 2.45) is 5.92 Å². The van der Waals surface area contributed by atoms with E-state index in [0.29, 0.717) is 18.8 Å². The van der Waals surface area contributed by atoms with Crippen LogP contribution in [0.4, 0.5) is 0 Å². The van der Waals surface area contributed by atoms with Crippen molar-refractivity contribution in [2.75, 3.05) is 0 Å². The summed E-state index contributed by atoms with van der Waals surface area (Å²) in [5.41, 5.74) is 1.99. The SMILES string of the molecule is Cc1ccc(-c2nnn(CC(=O)N(Cc3cccs3)[C@@H](CC(C)C)C(=O)NC3CCCC3)n2)cc1. The molecule has 0 bridgehead atoms. The van der Waals surface area contributed by atoms with Crippen LogP contribution in [0.25, 0.3) is 11.4 Å². The van der Waals surface area contributed by atoms with E-state index in [1.54, 1.807) is 16.2 Å². The fourth-order valence-electron chi connectivity index (χ4n) is 4.47. The van der Waals surface area contributed by atoms with Gasteiger partial charge in [0.1, 0.15) is 12.6 Å². The smallest absolute Gasteiger partial charge is 0.247 e. The Balaban J connectivity index is 1.54. The Morgan fingerprint density at radius 1 is 1.17 bits per heavy atom. The minimum absolute atomic E-state index is 0.0672. The topological polar surface area (TPSA) is 93.0 Å². The highest BCUT2D eigenvalue weighted by Gasteiger charge is 2.33. The van der Waals surface area contributed by atoms with Crippen LogP contribution in [-0.4, -0.2) is 49.0 Å². The molecule has 3 aromatic rings. The van der Waals surface area contributed by atoms with Gasteiger partial charge in [0.25, 0.3) is 0 Å². The van der Waals surface area contributed by atoms with Gasteiger partial charge < -0.3 is 10.2 Å². The van der Waals surface area contributed by atoms with Gasteiger partial charge in [-0.2, -0.15) is 4.80 Å². The summed E-state index contributed by atoms with van der Waals surface area (Å²) in [6.45, 7) is 6.49. The molecule has 1 saturated carbocycles. The van der Waals surface area contributed by atoms with Crippen molar-refractivity contribution in [3.05, 3.63) is 52.2 Å². The summed E-state index contributed by atoms with van der Waals surface area (Å²) in [7, 11) is 0. The zero-order valence-corrected chi connectivity index (χ0v) is 21.5. The van der Waals surface area contributed by atoms with Crippen molar-refractivity contribution in [3.63, 3.8) is 0 Å². The maximum atomic E-state index is 13.6. The summed E-state index contributed by atoms with van der Waals surface area (Å²) in [4.78, 5) is 31.1. The van der Waals surface area contributed by atoms with Gasteiger partial charge >= 0.3 is 0 Å². The van der Waals surface area contributed by atoms with Crippen molar-refractivity contribution >= 4 is 23.2 Å². The molecule has 35 heavy (non-hydrogen) atoms. The predicted octanol–water partition coefficient (Wildman–Crippen LogP) is 4.21. The number of hydrogen-bond acceptors (Lipinski definition) is 6. The lowest BCUT2D eigenvalue weighted by molar-refractivity contribution is -0.143. The highest BCUT2D eigenvalue weighted by molar-refractivity contribution is 7.09. The van der Waals surface area contributed by atoms with Gasteiger partial charge in [-0.15, -0.1) is 21.5 Å². The standard InChI is InChI=1S/C26H34N6O2S/c1-18(2)15-23(26(34)27-21-7-4-5-8-21)31(16-22-9-6-14-35-22)24(33)17-32-29-25(28-30-32)20-12-10-19(3)11-13-20/h6,9-14,18,21,23H,4-5,7-8,15-17H2,1-3H3,(H,27,34)/t23-/m0/s1. The van der Waals surface area contributed by atoms with Crippen LogP contribution in [0.3, 0.4) is 0 Å². The van der Waals surface area contributed by atoms with E-state index in [-0.39, 0.29) is 30.3 Å². The second-order valence-electron chi connectivity index (χ2n) is 9.75. The van der Waals surface area contributed by atoms with E-state index in [1.165, 1.54) is 4.80 Å². The second-order valence-corrected chi connectivity index (χ2v) is 10.8. The minimum atomic E-state index is -0.551. The Morgan fingerprint density at radius 2 is 1.91 bits per heavy atom. The van der Waals surface area contributed by atoms with Crippen molar-refractivity contribution in [1.82, 2.24) is 30.4 Å². The molecular formula is C26H34N6O2S. The first-order valence-electron chi connectivity index (χ1n) is 12.4. The molecule has 9 heteroatoms. The van der Waals surface area contributed by atoms with Crippen molar-refractivity contribution in [3.8, 4) is 11.4 Å². The fourth-order valence-corrected chi connectivity index (χ4v) is 5.18. The first-order valence-corrected chi connectivity index (χ1v) is 13.2. The van der Waals surface area contributed by atoms with Crippen LogP contribution in [-0.2, 0) is 22.7 Å². The van der Waals surface area contributed by atoms with Gasteiger partial charge in [-0.05, 0) is 48.8 Å². The van der Waals surface area contributed by atoms with Crippen LogP contribution in [0.2, 0.25) is 0 Å². The summed E-state index contributed by atoms with van der Waals surface area (Å²) in [5, 5.41) is 17.9. The Kier molecular flexibility index (Phi) is 8.28. The van der Waals surface area contributed by atoms with Gasteiger partial charge in [-0.3, -0.25) is 9.59 Å². The fraction of sp³-hybridized carbons (Fsp3) is 0.500. The number of tetrazole rings is 1. The summed E-state index contributed by atoms with van der Waals surface area (Å²) < 4.78 is 0. The third-order valence-electron chi connectivity index (χ3n) is 6.34. The normalized spacial score (nSPS) is 14.9. The largest absolute Gasteiger partial charge is 0.352 e. The van der Waals surface area contributed by atoms with Gasteiger partial charge in [-0.25, -0.2) is 0 Å². The third kappa shape index (κ3) is 6.75. The molecule has 1 fully saturated rings. The van der Waals surface area contributed by atoms with Crippen molar-refractivity contribution in [1.29, 1.82) is 0 Å². The van der Waals surface area contributed by atoms with E-state index in [2.05, 4.69) is 34.6 Å². The maximum Gasteiger partial charge on any atom is 0.247 e. The zero-order valence-electron chi connectivity index (χ0n) is 20.7. The molecule has 0 aliphatic heterocycles. The van der Waals surface area contributed by atoms with Crippen LogP contribution in [0, 0.1) is 12.8 Å². The lowest BCUT2D eigenvalue weighted by Gasteiger charge is -2.32. The van der Waals surface area contributed by atoms with Gasteiger partial charge in [0.2, 0.25) is 17.6 Å². The third-order valence-corrected chi connectivity index (χ3v) is 7.20. The van der Waals surface area contributed by atoms with E-state index in [1.807, 2.05) is 48.7 Å². The van der Waals surface area contributed by atoms with E-state index in [9.17, 15) is 9.59 Å². The number of hydrogen-bond donors (Lipinski definition) is 1. The maximum absolute atomic E-state index is 13.6. The predicted molar refractivity (Wildman–Crippen MR) is 137 cm³/mol. The first kappa shape index (κ1) is 25.0. The molecule has 4 rings (SSSR count). The number of amides is 2. The summed E-state index contributed by atoms with van der Waals surface area (Å²) in [6.07, 6.45) is 4.88. The van der Waals surface area contributed by atoms with E-state index < -0.39 is 6.04 Å². The van der Waals surface area contributed by atoms with Crippen LogP contribution in [0.1, 0.15) is 56.4 Å². The molecule has 2 amide bonds. The first-order chi connectivity index (χ1) is 16.9. The molecular weight excluding hydrogens is 460 g/mol. The van der Waals surface area contributed by atoms with Crippen LogP contribution in [0.15, 0.2) is 41.8 Å². The number of nitrogens with zero attached hydrogens (tertiary/aromatic N) is 5. The van der Waals surface area contributed by atoms with Crippen molar-refractivity contribution < 1.29 is 9.59 Å². The average Bonchev–Trinajstić information content (AvgIpc) is 3.60. The van der Waals surface area contributed by atoms with Crippen LogP contribution >= 0.6 is 11.3 Å². The lowest BCUT2D eigenvalue weighted by atomic mass is 10.0. The molecule has 1 aliphatic rings. The highest BCUT2D eigenvalue weighted by Crippen LogP contribution is 2.22. The molecule has 1 N–H and O–H groups in total. The number of carbonyl (C=O) groups excluding carboxylic acids is 2. The Bertz CT molecular complexity index is 1100. The molecule has 1 aliphatic carbocycles.